The fourth-order valence-corrected chi connectivity index (χ4v) is 2.24. The van der Waals surface area contributed by atoms with Crippen molar-refractivity contribution in [1.82, 2.24) is 5.32 Å². The summed E-state index contributed by atoms with van der Waals surface area (Å²) in [4.78, 5) is 22.6. The third-order valence-electron chi connectivity index (χ3n) is 3.26. The minimum atomic E-state index is -1.12. The van der Waals surface area contributed by atoms with Crippen LogP contribution in [-0.2, 0) is 16.1 Å². The van der Waals surface area contributed by atoms with Gasteiger partial charge in [-0.25, -0.2) is 4.79 Å². The molecule has 1 aromatic heterocycles. The van der Waals surface area contributed by atoms with Gasteiger partial charge in [-0.3, -0.25) is 4.79 Å². The van der Waals surface area contributed by atoms with Gasteiger partial charge >= 0.3 is 5.97 Å². The number of carboxylic acids is 1. The average molecular weight is 267 g/mol. The zero-order valence-electron chi connectivity index (χ0n) is 10.7. The number of ether oxygens (including phenoxy) is 1. The van der Waals surface area contributed by atoms with Gasteiger partial charge in [-0.1, -0.05) is 6.92 Å². The number of nitrogens with one attached hydrogen (secondary N) is 1. The monoisotopic (exact) mass is 267 g/mol. The molecule has 6 heteroatoms. The minimum absolute atomic E-state index is 0.0221. The van der Waals surface area contributed by atoms with E-state index in [0.29, 0.717) is 12.4 Å². The summed E-state index contributed by atoms with van der Waals surface area (Å²) >= 11 is 0. The maximum atomic E-state index is 12.0. The third kappa shape index (κ3) is 3.14. The molecule has 0 saturated carbocycles. The Labute approximate surface area is 110 Å². The van der Waals surface area contributed by atoms with Gasteiger partial charge in [0.25, 0.3) is 0 Å². The first kappa shape index (κ1) is 13.6. The Kier molecular flexibility index (Phi) is 4.21. The molecule has 1 aliphatic heterocycles. The van der Waals surface area contributed by atoms with Gasteiger partial charge in [-0.05, 0) is 25.0 Å². The lowest BCUT2D eigenvalue weighted by molar-refractivity contribution is -0.126. The van der Waals surface area contributed by atoms with Gasteiger partial charge in [-0.2, -0.15) is 0 Å². The zero-order valence-corrected chi connectivity index (χ0v) is 10.7. The van der Waals surface area contributed by atoms with Crippen LogP contribution in [0.5, 0.6) is 0 Å². The highest BCUT2D eigenvalue weighted by atomic mass is 16.5. The smallest absolute Gasteiger partial charge is 0.371 e. The van der Waals surface area contributed by atoms with Gasteiger partial charge in [0.2, 0.25) is 11.7 Å². The van der Waals surface area contributed by atoms with Gasteiger partial charge in [0.15, 0.2) is 0 Å². The van der Waals surface area contributed by atoms with Crippen LogP contribution in [0.15, 0.2) is 16.5 Å². The number of furan rings is 1. The van der Waals surface area contributed by atoms with Gasteiger partial charge < -0.3 is 19.6 Å². The second kappa shape index (κ2) is 5.88. The van der Waals surface area contributed by atoms with Crippen LogP contribution in [0.3, 0.4) is 0 Å². The molecule has 2 rings (SSSR count). The molecule has 19 heavy (non-hydrogen) atoms. The van der Waals surface area contributed by atoms with Gasteiger partial charge in [0, 0.05) is 6.61 Å². The van der Waals surface area contributed by atoms with Crippen molar-refractivity contribution in [3.63, 3.8) is 0 Å². The van der Waals surface area contributed by atoms with Gasteiger partial charge in [-0.15, -0.1) is 0 Å². The molecule has 2 N–H and O–H groups in total. The first-order chi connectivity index (χ1) is 9.11. The quantitative estimate of drug-likeness (QED) is 0.842. The van der Waals surface area contributed by atoms with E-state index in [1.807, 2.05) is 6.92 Å². The van der Waals surface area contributed by atoms with E-state index in [0.717, 1.165) is 12.8 Å². The SMILES string of the molecule is CCC1OCCC1C(=O)NCc1ccc(C(=O)O)o1. The third-order valence-corrected chi connectivity index (χ3v) is 3.26. The second-order valence-corrected chi connectivity index (χ2v) is 4.50. The molecule has 104 valence electrons. The molecule has 1 amide bonds. The Morgan fingerprint density at radius 2 is 2.26 bits per heavy atom. The molecule has 0 aromatic carbocycles. The molecule has 2 heterocycles. The molecule has 2 unspecified atom stereocenters. The average Bonchev–Trinajstić information content (AvgIpc) is 3.04. The summed E-state index contributed by atoms with van der Waals surface area (Å²) < 4.78 is 10.5. The number of aromatic carboxylic acids is 1. The molecule has 1 aliphatic rings. The Bertz CT molecular complexity index is 467. The van der Waals surface area contributed by atoms with Crippen LogP contribution in [0.4, 0.5) is 0 Å². The summed E-state index contributed by atoms with van der Waals surface area (Å²) in [5.41, 5.74) is 0. The van der Waals surface area contributed by atoms with E-state index in [-0.39, 0.29) is 30.2 Å². The zero-order chi connectivity index (χ0) is 13.8. The molecule has 0 bridgehead atoms. The number of amides is 1. The van der Waals surface area contributed by atoms with Crippen molar-refractivity contribution >= 4 is 11.9 Å². The van der Waals surface area contributed by atoms with Crippen LogP contribution in [0, 0.1) is 5.92 Å². The highest BCUT2D eigenvalue weighted by molar-refractivity contribution is 5.84. The maximum Gasteiger partial charge on any atom is 0.371 e. The summed E-state index contributed by atoms with van der Waals surface area (Å²) in [7, 11) is 0. The lowest BCUT2D eigenvalue weighted by Crippen LogP contribution is -2.34. The van der Waals surface area contributed by atoms with Crippen molar-refractivity contribution in [3.05, 3.63) is 23.7 Å². The largest absolute Gasteiger partial charge is 0.475 e. The van der Waals surface area contributed by atoms with E-state index in [4.69, 9.17) is 14.3 Å². The van der Waals surface area contributed by atoms with Crippen molar-refractivity contribution in [3.8, 4) is 0 Å². The van der Waals surface area contributed by atoms with E-state index < -0.39 is 5.97 Å². The predicted molar refractivity (Wildman–Crippen MR) is 65.7 cm³/mol. The molecule has 0 radical (unpaired) electrons. The van der Waals surface area contributed by atoms with Crippen LogP contribution in [0.2, 0.25) is 0 Å². The Hall–Kier alpha value is -1.82. The van der Waals surface area contributed by atoms with E-state index in [9.17, 15) is 9.59 Å². The van der Waals surface area contributed by atoms with E-state index in [1.54, 1.807) is 6.07 Å². The van der Waals surface area contributed by atoms with E-state index in [2.05, 4.69) is 5.32 Å². The molecular weight excluding hydrogens is 250 g/mol. The summed E-state index contributed by atoms with van der Waals surface area (Å²) in [5, 5.41) is 11.5. The predicted octanol–water partition coefficient (Wildman–Crippen LogP) is 1.41. The maximum absolute atomic E-state index is 12.0. The number of hydrogen-bond acceptors (Lipinski definition) is 4. The fraction of sp³-hybridized carbons (Fsp3) is 0.538. The summed E-state index contributed by atoms with van der Waals surface area (Å²) in [6.07, 6.45) is 1.51. The van der Waals surface area contributed by atoms with Gasteiger partial charge in [0.1, 0.15) is 5.76 Å². The highest BCUT2D eigenvalue weighted by Crippen LogP contribution is 2.23. The van der Waals surface area contributed by atoms with E-state index >= 15 is 0 Å². The number of carbonyl (C=O) groups is 2. The first-order valence-electron chi connectivity index (χ1n) is 6.33. The molecule has 1 aromatic rings. The lowest BCUT2D eigenvalue weighted by Gasteiger charge is -2.15. The highest BCUT2D eigenvalue weighted by Gasteiger charge is 2.32. The first-order valence-corrected chi connectivity index (χ1v) is 6.33. The van der Waals surface area contributed by atoms with E-state index in [1.165, 1.54) is 6.07 Å². The van der Waals surface area contributed by atoms with Crippen molar-refractivity contribution in [1.29, 1.82) is 0 Å². The molecule has 0 spiro atoms. The number of rotatable bonds is 5. The number of hydrogen-bond donors (Lipinski definition) is 2. The summed E-state index contributed by atoms with van der Waals surface area (Å²) in [5.74, 6) is -1.01. The second-order valence-electron chi connectivity index (χ2n) is 4.50. The Morgan fingerprint density at radius 3 is 2.89 bits per heavy atom. The van der Waals surface area contributed by atoms with Gasteiger partial charge in [0.05, 0.1) is 18.6 Å². The summed E-state index contributed by atoms with van der Waals surface area (Å²) in [6, 6.07) is 2.92. The van der Waals surface area contributed by atoms with Crippen molar-refractivity contribution < 1.29 is 23.8 Å². The van der Waals surface area contributed by atoms with Crippen LogP contribution in [0.1, 0.15) is 36.1 Å². The lowest BCUT2D eigenvalue weighted by atomic mass is 9.99. The molecule has 6 nitrogen and oxygen atoms in total. The summed E-state index contributed by atoms with van der Waals surface area (Å²) in [6.45, 7) is 2.79. The van der Waals surface area contributed by atoms with Crippen molar-refractivity contribution in [2.75, 3.05) is 6.61 Å². The Balaban J connectivity index is 1.87. The normalized spacial score (nSPS) is 22.4. The number of carboxylic acid groups (broad SMARTS) is 1. The van der Waals surface area contributed by atoms with Crippen molar-refractivity contribution in [2.45, 2.75) is 32.4 Å². The topological polar surface area (TPSA) is 88.8 Å². The Morgan fingerprint density at radius 1 is 1.47 bits per heavy atom. The molecule has 1 fully saturated rings. The molecule has 2 atom stereocenters. The number of carbonyl (C=O) groups excluding carboxylic acids is 1. The fourth-order valence-electron chi connectivity index (χ4n) is 2.24. The molecule has 1 saturated heterocycles. The van der Waals surface area contributed by atoms with Crippen LogP contribution < -0.4 is 5.32 Å². The van der Waals surface area contributed by atoms with Crippen LogP contribution in [-0.4, -0.2) is 29.7 Å². The van der Waals surface area contributed by atoms with Crippen LogP contribution in [0.25, 0.3) is 0 Å². The van der Waals surface area contributed by atoms with Crippen LogP contribution >= 0.6 is 0 Å². The minimum Gasteiger partial charge on any atom is -0.475 e. The standard InChI is InChI=1S/C13H17NO5/c1-2-10-9(5-6-18-10)12(15)14-7-8-3-4-11(19-8)13(16)17/h3-4,9-10H,2,5-7H2,1H3,(H,14,15)(H,16,17). The molecule has 0 aliphatic carbocycles. The van der Waals surface area contributed by atoms with Crippen molar-refractivity contribution in [2.24, 2.45) is 5.92 Å². The molecular formula is C13H17NO5.